The van der Waals surface area contributed by atoms with Crippen molar-refractivity contribution in [3.05, 3.63) is 17.5 Å². The first kappa shape index (κ1) is 16.5. The molecule has 0 saturated carbocycles. The highest BCUT2D eigenvalue weighted by Crippen LogP contribution is 2.30. The molecule has 2 aromatic heterocycles. The van der Waals surface area contributed by atoms with Crippen molar-refractivity contribution in [1.82, 2.24) is 14.8 Å². The van der Waals surface area contributed by atoms with Crippen LogP contribution in [0.15, 0.2) is 22.7 Å². The number of carbonyl (C=O) groups excluding carboxylic acids is 1. The smallest absolute Gasteiger partial charge is 0.318 e. The molecule has 23 heavy (non-hydrogen) atoms. The van der Waals surface area contributed by atoms with Crippen LogP contribution in [0.25, 0.3) is 10.7 Å². The normalized spacial score (nSPS) is 19.0. The maximum atomic E-state index is 11.7. The molecule has 6 nitrogen and oxygen atoms in total. The van der Waals surface area contributed by atoms with E-state index in [1.54, 1.807) is 11.3 Å². The Morgan fingerprint density at radius 1 is 1.61 bits per heavy atom. The molecule has 8 heteroatoms. The summed E-state index contributed by atoms with van der Waals surface area (Å²) in [5.74, 6) is 0.564. The van der Waals surface area contributed by atoms with Gasteiger partial charge in [0.2, 0.25) is 0 Å². The number of methoxy groups -OCH3 is 1. The van der Waals surface area contributed by atoms with Crippen LogP contribution in [-0.4, -0.2) is 45.8 Å². The summed E-state index contributed by atoms with van der Waals surface area (Å²) in [6, 6.07) is 4.02. The summed E-state index contributed by atoms with van der Waals surface area (Å²) in [4.78, 5) is 12.7. The van der Waals surface area contributed by atoms with Crippen LogP contribution in [0.4, 0.5) is 0 Å². The standard InChI is InChI=1S/C15H19N3O3S2/c1-10(14(19)20-2)23-15-17-16-13(12-6-4-8-22-12)18(15)9-11-5-3-7-21-11/h4,6,8,10-11H,3,5,7,9H2,1-2H3. The number of nitrogens with zero attached hydrogens (tertiary/aromatic N) is 3. The zero-order valence-corrected chi connectivity index (χ0v) is 14.7. The Labute approximate surface area is 143 Å². The van der Waals surface area contributed by atoms with Gasteiger partial charge in [-0.25, -0.2) is 0 Å². The molecule has 3 rings (SSSR count). The van der Waals surface area contributed by atoms with Gasteiger partial charge in [0.05, 0.1) is 24.6 Å². The highest BCUT2D eigenvalue weighted by atomic mass is 32.2. The van der Waals surface area contributed by atoms with Crippen LogP contribution < -0.4 is 0 Å². The van der Waals surface area contributed by atoms with Crippen LogP contribution in [0, 0.1) is 0 Å². The first-order valence-corrected chi connectivity index (χ1v) is 9.28. The summed E-state index contributed by atoms with van der Waals surface area (Å²) in [5, 5.41) is 11.0. The third-order valence-corrected chi connectivity index (χ3v) is 5.61. The van der Waals surface area contributed by atoms with Gasteiger partial charge >= 0.3 is 5.97 Å². The van der Waals surface area contributed by atoms with Gasteiger partial charge in [-0.2, -0.15) is 0 Å². The minimum atomic E-state index is -0.330. The van der Waals surface area contributed by atoms with Crippen molar-refractivity contribution in [2.45, 2.75) is 42.8 Å². The fourth-order valence-electron chi connectivity index (χ4n) is 2.49. The first-order valence-electron chi connectivity index (χ1n) is 7.52. The van der Waals surface area contributed by atoms with Crippen molar-refractivity contribution in [3.8, 4) is 10.7 Å². The van der Waals surface area contributed by atoms with Gasteiger partial charge in [0.15, 0.2) is 11.0 Å². The van der Waals surface area contributed by atoms with Crippen LogP contribution >= 0.6 is 23.1 Å². The van der Waals surface area contributed by atoms with E-state index < -0.39 is 0 Å². The largest absolute Gasteiger partial charge is 0.468 e. The average molecular weight is 353 g/mol. The molecule has 0 bridgehead atoms. The fourth-order valence-corrected chi connectivity index (χ4v) is 4.09. The molecule has 0 spiro atoms. The van der Waals surface area contributed by atoms with E-state index >= 15 is 0 Å². The van der Waals surface area contributed by atoms with Gasteiger partial charge in [0, 0.05) is 6.61 Å². The summed E-state index contributed by atoms with van der Waals surface area (Å²) in [7, 11) is 1.40. The molecule has 2 aromatic rings. The second-order valence-electron chi connectivity index (χ2n) is 5.31. The Balaban J connectivity index is 1.87. The number of hydrogen-bond acceptors (Lipinski definition) is 7. The molecule has 2 atom stereocenters. The molecule has 0 radical (unpaired) electrons. The lowest BCUT2D eigenvalue weighted by atomic mass is 10.2. The predicted molar refractivity (Wildman–Crippen MR) is 89.6 cm³/mol. The molecule has 2 unspecified atom stereocenters. The average Bonchev–Trinajstić information content (AvgIpc) is 3.29. The summed E-state index contributed by atoms with van der Waals surface area (Å²) in [6.45, 7) is 3.32. The number of thioether (sulfide) groups is 1. The second-order valence-corrected chi connectivity index (χ2v) is 7.57. The lowest BCUT2D eigenvalue weighted by Gasteiger charge is -2.15. The Morgan fingerprint density at radius 3 is 3.13 bits per heavy atom. The summed E-state index contributed by atoms with van der Waals surface area (Å²) < 4.78 is 12.6. The molecule has 0 amide bonds. The van der Waals surface area contributed by atoms with Crippen LogP contribution in [-0.2, 0) is 20.8 Å². The summed E-state index contributed by atoms with van der Waals surface area (Å²) in [5.41, 5.74) is 0. The Kier molecular flexibility index (Phi) is 5.34. The number of carbonyl (C=O) groups is 1. The number of rotatable bonds is 6. The van der Waals surface area contributed by atoms with E-state index in [0.29, 0.717) is 6.54 Å². The van der Waals surface area contributed by atoms with Crippen LogP contribution in [0.5, 0.6) is 0 Å². The highest BCUT2D eigenvalue weighted by molar-refractivity contribution is 8.00. The molecule has 1 aliphatic heterocycles. The maximum absolute atomic E-state index is 11.7. The Morgan fingerprint density at radius 2 is 2.48 bits per heavy atom. The molecule has 1 saturated heterocycles. The molecular weight excluding hydrogens is 334 g/mol. The van der Waals surface area contributed by atoms with E-state index in [4.69, 9.17) is 9.47 Å². The maximum Gasteiger partial charge on any atom is 0.318 e. The molecule has 1 fully saturated rings. The topological polar surface area (TPSA) is 66.2 Å². The zero-order valence-electron chi connectivity index (χ0n) is 13.1. The number of aromatic nitrogens is 3. The number of hydrogen-bond donors (Lipinski definition) is 0. The van der Waals surface area contributed by atoms with E-state index in [1.807, 2.05) is 24.4 Å². The van der Waals surface area contributed by atoms with Crippen LogP contribution in [0.2, 0.25) is 0 Å². The van der Waals surface area contributed by atoms with Crippen molar-refractivity contribution >= 4 is 29.1 Å². The first-order chi connectivity index (χ1) is 11.2. The van der Waals surface area contributed by atoms with Crippen molar-refractivity contribution in [2.75, 3.05) is 13.7 Å². The summed E-state index contributed by atoms with van der Waals surface area (Å²) >= 11 is 2.99. The van der Waals surface area contributed by atoms with Crippen molar-refractivity contribution in [1.29, 1.82) is 0 Å². The third kappa shape index (κ3) is 3.76. The Bertz CT molecular complexity index is 651. The van der Waals surface area contributed by atoms with Crippen LogP contribution in [0.1, 0.15) is 19.8 Å². The van der Waals surface area contributed by atoms with Gasteiger partial charge in [0.25, 0.3) is 0 Å². The van der Waals surface area contributed by atoms with E-state index in [-0.39, 0.29) is 17.3 Å². The van der Waals surface area contributed by atoms with Gasteiger partial charge < -0.3 is 9.47 Å². The van der Waals surface area contributed by atoms with Gasteiger partial charge in [-0.1, -0.05) is 17.8 Å². The molecule has 0 aromatic carbocycles. The van der Waals surface area contributed by atoms with E-state index in [9.17, 15) is 4.79 Å². The van der Waals surface area contributed by atoms with Crippen LogP contribution in [0.3, 0.4) is 0 Å². The molecule has 3 heterocycles. The Hall–Kier alpha value is -1.38. The quantitative estimate of drug-likeness (QED) is 0.588. The number of ether oxygens (including phenoxy) is 2. The van der Waals surface area contributed by atoms with Crippen molar-refractivity contribution < 1.29 is 14.3 Å². The SMILES string of the molecule is COC(=O)C(C)Sc1nnc(-c2cccs2)n1CC1CCCO1. The van der Waals surface area contributed by atoms with Gasteiger partial charge in [0.1, 0.15) is 5.25 Å². The predicted octanol–water partition coefficient (Wildman–Crippen LogP) is 2.84. The summed E-state index contributed by atoms with van der Waals surface area (Å²) in [6.07, 6.45) is 2.30. The van der Waals surface area contributed by atoms with Crippen molar-refractivity contribution in [3.63, 3.8) is 0 Å². The monoisotopic (exact) mass is 353 g/mol. The lowest BCUT2D eigenvalue weighted by Crippen LogP contribution is -2.19. The zero-order chi connectivity index (χ0) is 16.2. The van der Waals surface area contributed by atoms with Crippen molar-refractivity contribution in [2.24, 2.45) is 0 Å². The molecular formula is C15H19N3O3S2. The lowest BCUT2D eigenvalue weighted by molar-refractivity contribution is -0.139. The van der Waals surface area contributed by atoms with Gasteiger partial charge in [-0.05, 0) is 31.2 Å². The molecule has 0 N–H and O–H groups in total. The highest BCUT2D eigenvalue weighted by Gasteiger charge is 2.25. The van der Waals surface area contributed by atoms with Gasteiger partial charge in [-0.3, -0.25) is 9.36 Å². The molecule has 1 aliphatic rings. The molecule has 124 valence electrons. The third-order valence-electron chi connectivity index (χ3n) is 3.68. The van der Waals surface area contributed by atoms with Gasteiger partial charge in [-0.15, -0.1) is 21.5 Å². The number of thiophene rings is 1. The minimum Gasteiger partial charge on any atom is -0.468 e. The fraction of sp³-hybridized carbons (Fsp3) is 0.533. The van der Waals surface area contributed by atoms with E-state index in [1.165, 1.54) is 18.9 Å². The second kappa shape index (κ2) is 7.46. The number of esters is 1. The van der Waals surface area contributed by atoms with E-state index in [2.05, 4.69) is 14.8 Å². The minimum absolute atomic E-state index is 0.178. The van der Waals surface area contributed by atoms with E-state index in [0.717, 1.165) is 35.3 Å². The molecule has 0 aliphatic carbocycles.